The predicted molar refractivity (Wildman–Crippen MR) is 109 cm³/mol. The van der Waals surface area contributed by atoms with Crippen molar-refractivity contribution in [2.24, 2.45) is 12.2 Å². The van der Waals surface area contributed by atoms with E-state index in [2.05, 4.69) is 36.9 Å². The van der Waals surface area contributed by atoms with E-state index in [-0.39, 0.29) is 5.82 Å². The Hall–Kier alpha value is -4.26. The molecule has 0 spiro atoms. The number of anilines is 1. The fraction of sp³-hybridized carbons (Fsp3) is 0.200. The van der Waals surface area contributed by atoms with Gasteiger partial charge in [-0.1, -0.05) is 41.6 Å². The maximum atomic E-state index is 10.9. The number of oxime groups is 1. The van der Waals surface area contributed by atoms with Crippen molar-refractivity contribution in [2.45, 2.75) is 18.9 Å². The highest BCUT2D eigenvalue weighted by molar-refractivity contribution is 6.10. The van der Waals surface area contributed by atoms with Crippen LogP contribution in [0.1, 0.15) is 36.0 Å². The minimum absolute atomic E-state index is 0.180. The molecule has 2 aromatic heterocycles. The minimum atomic E-state index is -1.21. The fourth-order valence-electron chi connectivity index (χ4n) is 2.64. The Labute approximate surface area is 172 Å². The van der Waals surface area contributed by atoms with Crippen molar-refractivity contribution in [1.29, 1.82) is 0 Å². The third kappa shape index (κ3) is 5.17. The SMILES string of the molecule is C#CCCC(ON=C(c1ccccc1)c1nnnn1C)c1cccc(NC(=O)O)n1. The normalized spacial score (nSPS) is 12.1. The van der Waals surface area contributed by atoms with Gasteiger partial charge in [-0.25, -0.2) is 14.5 Å². The van der Waals surface area contributed by atoms with E-state index in [4.69, 9.17) is 16.4 Å². The van der Waals surface area contributed by atoms with Crippen molar-refractivity contribution in [3.05, 3.63) is 65.6 Å². The Kier molecular flexibility index (Phi) is 6.68. The molecule has 10 nitrogen and oxygen atoms in total. The molecular weight excluding hydrogens is 386 g/mol. The number of nitrogens with one attached hydrogen (secondary N) is 1. The second-order valence-electron chi connectivity index (χ2n) is 6.15. The van der Waals surface area contributed by atoms with E-state index in [0.717, 1.165) is 5.56 Å². The first-order chi connectivity index (χ1) is 14.6. The number of tetrazole rings is 1. The third-order valence-electron chi connectivity index (χ3n) is 4.04. The number of hydrogen-bond acceptors (Lipinski definition) is 7. The molecule has 2 N–H and O–H groups in total. The standard InChI is InChI=1S/C20H19N7O3/c1-3-4-12-16(15-11-8-13-17(21-15)22-20(28)29)30-24-18(14-9-6-5-7-10-14)19-23-25-26-27(19)2/h1,5-11,13,16H,4,12H2,2H3,(H,21,22)(H,28,29). The molecule has 0 aliphatic carbocycles. The summed E-state index contributed by atoms with van der Waals surface area (Å²) in [5.41, 5.74) is 1.69. The zero-order chi connectivity index (χ0) is 21.3. The third-order valence-corrected chi connectivity index (χ3v) is 4.04. The number of aryl methyl sites for hydroxylation is 1. The van der Waals surface area contributed by atoms with Crippen molar-refractivity contribution in [3.63, 3.8) is 0 Å². The van der Waals surface area contributed by atoms with Crippen LogP contribution in [-0.4, -0.2) is 42.1 Å². The highest BCUT2D eigenvalue weighted by atomic mass is 16.6. The summed E-state index contributed by atoms with van der Waals surface area (Å²) in [7, 11) is 1.70. The van der Waals surface area contributed by atoms with E-state index in [1.165, 1.54) is 4.68 Å². The molecule has 10 heteroatoms. The van der Waals surface area contributed by atoms with Gasteiger partial charge in [0.1, 0.15) is 5.82 Å². The molecule has 0 aliphatic heterocycles. The summed E-state index contributed by atoms with van der Waals surface area (Å²) >= 11 is 0. The predicted octanol–water partition coefficient (Wildman–Crippen LogP) is 2.62. The van der Waals surface area contributed by atoms with Crippen molar-refractivity contribution in [2.75, 3.05) is 5.32 Å². The lowest BCUT2D eigenvalue weighted by atomic mass is 10.1. The summed E-state index contributed by atoms with van der Waals surface area (Å²) in [4.78, 5) is 21.0. The van der Waals surface area contributed by atoms with Crippen LogP contribution in [0.15, 0.2) is 53.7 Å². The average Bonchev–Trinajstić information content (AvgIpc) is 3.16. The molecule has 2 heterocycles. The topological polar surface area (TPSA) is 127 Å². The molecule has 1 atom stereocenters. The Balaban J connectivity index is 1.94. The Bertz CT molecular complexity index is 1070. The number of rotatable bonds is 8. The summed E-state index contributed by atoms with van der Waals surface area (Å²) < 4.78 is 1.49. The molecule has 0 radical (unpaired) electrons. The lowest BCUT2D eigenvalue weighted by Crippen LogP contribution is -2.14. The van der Waals surface area contributed by atoms with Crippen LogP contribution >= 0.6 is 0 Å². The number of benzene rings is 1. The van der Waals surface area contributed by atoms with E-state index in [0.29, 0.717) is 30.1 Å². The molecule has 1 unspecified atom stereocenters. The van der Waals surface area contributed by atoms with Gasteiger partial charge < -0.3 is 9.94 Å². The largest absolute Gasteiger partial charge is 0.465 e. The van der Waals surface area contributed by atoms with Crippen molar-refractivity contribution < 1.29 is 14.7 Å². The van der Waals surface area contributed by atoms with Crippen LogP contribution in [0, 0.1) is 12.3 Å². The Morgan fingerprint density at radius 3 is 2.77 bits per heavy atom. The number of carboxylic acid groups (broad SMARTS) is 1. The van der Waals surface area contributed by atoms with Crippen molar-refractivity contribution in [1.82, 2.24) is 25.2 Å². The van der Waals surface area contributed by atoms with Crippen LogP contribution in [-0.2, 0) is 11.9 Å². The molecule has 0 saturated heterocycles. The molecule has 0 saturated carbocycles. The van der Waals surface area contributed by atoms with Gasteiger partial charge in [0, 0.05) is 25.5 Å². The van der Waals surface area contributed by atoms with Crippen molar-refractivity contribution >= 4 is 17.6 Å². The van der Waals surface area contributed by atoms with E-state index in [1.54, 1.807) is 25.2 Å². The molecular formula is C20H19N7O3. The number of aromatic nitrogens is 5. The van der Waals surface area contributed by atoms with Gasteiger partial charge in [-0.05, 0) is 22.6 Å². The second-order valence-corrected chi connectivity index (χ2v) is 6.15. The lowest BCUT2D eigenvalue weighted by Gasteiger charge is -2.15. The van der Waals surface area contributed by atoms with Gasteiger partial charge in [-0.15, -0.1) is 17.4 Å². The number of terminal acetylenes is 1. The molecule has 1 aromatic carbocycles. The van der Waals surface area contributed by atoms with Gasteiger partial charge in [0.15, 0.2) is 11.8 Å². The number of pyridine rings is 1. The van der Waals surface area contributed by atoms with Gasteiger partial charge in [-0.3, -0.25) is 5.32 Å². The maximum absolute atomic E-state index is 10.9. The van der Waals surface area contributed by atoms with Gasteiger partial charge in [0.05, 0.1) is 5.69 Å². The van der Waals surface area contributed by atoms with E-state index >= 15 is 0 Å². The molecule has 152 valence electrons. The highest BCUT2D eigenvalue weighted by Gasteiger charge is 2.19. The van der Waals surface area contributed by atoms with Gasteiger partial charge in [-0.2, -0.15) is 0 Å². The highest BCUT2D eigenvalue weighted by Crippen LogP contribution is 2.23. The summed E-state index contributed by atoms with van der Waals surface area (Å²) in [6.07, 6.45) is 4.46. The molecule has 1 amide bonds. The van der Waals surface area contributed by atoms with Crippen LogP contribution in [0.25, 0.3) is 0 Å². The van der Waals surface area contributed by atoms with Crippen molar-refractivity contribution in [3.8, 4) is 12.3 Å². The van der Waals surface area contributed by atoms with Crippen LogP contribution in [0.4, 0.5) is 10.6 Å². The summed E-state index contributed by atoms with van der Waals surface area (Å²) in [5.74, 6) is 3.17. The zero-order valence-electron chi connectivity index (χ0n) is 16.1. The second kappa shape index (κ2) is 9.79. The van der Waals surface area contributed by atoms with E-state index in [9.17, 15) is 4.79 Å². The summed E-state index contributed by atoms with van der Waals surface area (Å²) in [5, 5.41) is 27.0. The lowest BCUT2D eigenvalue weighted by molar-refractivity contribution is 0.0504. The zero-order valence-corrected chi connectivity index (χ0v) is 16.1. The van der Waals surface area contributed by atoms with Crippen LogP contribution in [0.2, 0.25) is 0 Å². The fourth-order valence-corrected chi connectivity index (χ4v) is 2.64. The van der Waals surface area contributed by atoms with E-state index in [1.807, 2.05) is 30.3 Å². The smallest absolute Gasteiger partial charge is 0.410 e. The first-order valence-corrected chi connectivity index (χ1v) is 9.01. The van der Waals surface area contributed by atoms with Crippen LogP contribution < -0.4 is 5.32 Å². The summed E-state index contributed by atoms with van der Waals surface area (Å²) in [6.45, 7) is 0. The van der Waals surface area contributed by atoms with Gasteiger partial charge >= 0.3 is 6.09 Å². The first kappa shape index (κ1) is 20.5. The van der Waals surface area contributed by atoms with Crippen LogP contribution in [0.3, 0.4) is 0 Å². The van der Waals surface area contributed by atoms with Gasteiger partial charge in [0.2, 0.25) is 5.82 Å². The number of hydrogen-bond donors (Lipinski definition) is 2. The summed E-state index contributed by atoms with van der Waals surface area (Å²) in [6, 6.07) is 14.3. The monoisotopic (exact) mass is 405 g/mol. The quantitative estimate of drug-likeness (QED) is 0.335. The molecule has 3 rings (SSSR count). The Morgan fingerprint density at radius 2 is 2.10 bits per heavy atom. The average molecular weight is 405 g/mol. The minimum Gasteiger partial charge on any atom is -0.465 e. The molecule has 30 heavy (non-hydrogen) atoms. The molecule has 0 fully saturated rings. The maximum Gasteiger partial charge on any atom is 0.410 e. The van der Waals surface area contributed by atoms with E-state index < -0.39 is 12.2 Å². The number of nitrogens with zero attached hydrogens (tertiary/aromatic N) is 6. The first-order valence-electron chi connectivity index (χ1n) is 9.01. The Morgan fingerprint density at radius 1 is 1.30 bits per heavy atom. The molecule has 3 aromatic rings. The number of amides is 1. The van der Waals surface area contributed by atoms with Crippen LogP contribution in [0.5, 0.6) is 0 Å². The molecule has 0 bridgehead atoms. The molecule has 0 aliphatic rings. The van der Waals surface area contributed by atoms with Gasteiger partial charge in [0.25, 0.3) is 0 Å². The number of carbonyl (C=O) groups is 1.